The zero-order valence-electron chi connectivity index (χ0n) is 12.3. The number of hydrogen-bond donors (Lipinski definition) is 2. The van der Waals surface area contributed by atoms with Gasteiger partial charge in [0.05, 0.1) is 30.7 Å². The highest BCUT2D eigenvalue weighted by Gasteiger charge is 2.03. The standard InChI is InChI=1S/C15H18N4O3/c1-21-8-9-22-14-6-5-13(11-17-14)19-15(20)18-10-12-4-2-3-7-16-12/h2-7,11H,8-10H2,1H3,(H2,18,19,20). The number of rotatable bonds is 7. The Morgan fingerprint density at radius 2 is 2.09 bits per heavy atom. The van der Waals surface area contributed by atoms with Crippen LogP contribution < -0.4 is 15.4 Å². The fraction of sp³-hybridized carbons (Fsp3) is 0.267. The first-order valence-corrected chi connectivity index (χ1v) is 6.80. The zero-order chi connectivity index (χ0) is 15.6. The lowest BCUT2D eigenvalue weighted by molar-refractivity contribution is 0.144. The average molecular weight is 302 g/mol. The normalized spacial score (nSPS) is 10.0. The van der Waals surface area contributed by atoms with Crippen LogP contribution >= 0.6 is 0 Å². The molecule has 0 aromatic carbocycles. The quantitative estimate of drug-likeness (QED) is 0.762. The highest BCUT2D eigenvalue weighted by atomic mass is 16.5. The topological polar surface area (TPSA) is 85.4 Å². The van der Waals surface area contributed by atoms with Crippen LogP contribution in [-0.2, 0) is 11.3 Å². The number of methoxy groups -OCH3 is 1. The summed E-state index contributed by atoms with van der Waals surface area (Å²) in [5.41, 5.74) is 1.37. The molecule has 0 aliphatic heterocycles. The number of carbonyl (C=O) groups is 1. The maximum Gasteiger partial charge on any atom is 0.319 e. The Morgan fingerprint density at radius 1 is 1.18 bits per heavy atom. The summed E-state index contributed by atoms with van der Waals surface area (Å²) >= 11 is 0. The van der Waals surface area contributed by atoms with E-state index in [1.54, 1.807) is 25.4 Å². The minimum absolute atomic E-state index is 0.319. The van der Waals surface area contributed by atoms with Gasteiger partial charge in [0, 0.05) is 19.4 Å². The second-order valence-electron chi connectivity index (χ2n) is 4.36. The molecule has 0 aliphatic carbocycles. The van der Waals surface area contributed by atoms with Crippen LogP contribution in [0.5, 0.6) is 5.88 Å². The molecule has 0 unspecified atom stereocenters. The van der Waals surface area contributed by atoms with E-state index >= 15 is 0 Å². The minimum Gasteiger partial charge on any atom is -0.475 e. The fourth-order valence-corrected chi connectivity index (χ4v) is 1.62. The first-order valence-electron chi connectivity index (χ1n) is 6.80. The minimum atomic E-state index is -0.319. The number of urea groups is 1. The molecule has 2 aromatic heterocycles. The van der Waals surface area contributed by atoms with Crippen LogP contribution in [0, 0.1) is 0 Å². The highest BCUT2D eigenvalue weighted by molar-refractivity contribution is 5.88. The van der Waals surface area contributed by atoms with Gasteiger partial charge in [-0.25, -0.2) is 9.78 Å². The Bertz CT molecular complexity index is 575. The molecule has 2 amide bonds. The molecule has 2 rings (SSSR count). The predicted octanol–water partition coefficient (Wildman–Crippen LogP) is 1.82. The van der Waals surface area contributed by atoms with E-state index in [0.29, 0.717) is 31.3 Å². The van der Waals surface area contributed by atoms with Gasteiger partial charge in [-0.05, 0) is 18.2 Å². The van der Waals surface area contributed by atoms with Gasteiger partial charge in [0.15, 0.2) is 0 Å². The van der Waals surface area contributed by atoms with E-state index in [9.17, 15) is 4.79 Å². The third-order valence-electron chi connectivity index (χ3n) is 2.69. The summed E-state index contributed by atoms with van der Waals surface area (Å²) in [5, 5.41) is 5.40. The van der Waals surface area contributed by atoms with Crippen molar-refractivity contribution in [2.75, 3.05) is 25.6 Å². The van der Waals surface area contributed by atoms with Crippen molar-refractivity contribution in [2.24, 2.45) is 0 Å². The number of nitrogens with one attached hydrogen (secondary N) is 2. The van der Waals surface area contributed by atoms with E-state index in [1.165, 1.54) is 6.20 Å². The van der Waals surface area contributed by atoms with Gasteiger partial charge in [-0.3, -0.25) is 4.98 Å². The van der Waals surface area contributed by atoms with E-state index in [4.69, 9.17) is 9.47 Å². The molecule has 0 bridgehead atoms. The Balaban J connectivity index is 1.76. The largest absolute Gasteiger partial charge is 0.475 e. The van der Waals surface area contributed by atoms with Crippen LogP contribution in [0.15, 0.2) is 42.7 Å². The molecular formula is C15H18N4O3. The molecule has 0 fully saturated rings. The van der Waals surface area contributed by atoms with E-state index in [1.807, 2.05) is 18.2 Å². The van der Waals surface area contributed by atoms with Crippen molar-refractivity contribution < 1.29 is 14.3 Å². The summed E-state index contributed by atoms with van der Waals surface area (Å²) in [6.07, 6.45) is 3.21. The molecule has 0 spiro atoms. The van der Waals surface area contributed by atoms with Crippen LogP contribution in [0.4, 0.5) is 10.5 Å². The molecular weight excluding hydrogens is 284 g/mol. The predicted molar refractivity (Wildman–Crippen MR) is 81.7 cm³/mol. The first-order chi connectivity index (χ1) is 10.8. The van der Waals surface area contributed by atoms with Gasteiger partial charge in [0.25, 0.3) is 0 Å². The number of nitrogens with zero attached hydrogens (tertiary/aromatic N) is 2. The fourth-order valence-electron chi connectivity index (χ4n) is 1.62. The second-order valence-corrected chi connectivity index (χ2v) is 4.36. The second kappa shape index (κ2) is 8.58. The lowest BCUT2D eigenvalue weighted by atomic mass is 10.3. The van der Waals surface area contributed by atoms with Crippen molar-refractivity contribution in [1.82, 2.24) is 15.3 Å². The summed E-state index contributed by atoms with van der Waals surface area (Å²) < 4.78 is 10.2. The molecule has 7 heteroatoms. The molecule has 7 nitrogen and oxygen atoms in total. The van der Waals surface area contributed by atoms with Crippen molar-refractivity contribution in [1.29, 1.82) is 0 Å². The molecule has 0 saturated carbocycles. The number of aromatic nitrogens is 2. The molecule has 2 N–H and O–H groups in total. The molecule has 22 heavy (non-hydrogen) atoms. The molecule has 0 radical (unpaired) electrons. The van der Waals surface area contributed by atoms with Gasteiger partial charge in [-0.2, -0.15) is 0 Å². The van der Waals surface area contributed by atoms with Gasteiger partial charge in [0.1, 0.15) is 6.61 Å². The van der Waals surface area contributed by atoms with Crippen LogP contribution in [0.3, 0.4) is 0 Å². The number of anilines is 1. The lowest BCUT2D eigenvalue weighted by Crippen LogP contribution is -2.28. The van der Waals surface area contributed by atoms with Crippen LogP contribution in [-0.4, -0.2) is 36.3 Å². The smallest absolute Gasteiger partial charge is 0.319 e. The van der Waals surface area contributed by atoms with Crippen molar-refractivity contribution >= 4 is 11.7 Å². The van der Waals surface area contributed by atoms with Gasteiger partial charge in [-0.1, -0.05) is 6.07 Å². The number of hydrogen-bond acceptors (Lipinski definition) is 5. The van der Waals surface area contributed by atoms with E-state index in [-0.39, 0.29) is 6.03 Å². The summed E-state index contributed by atoms with van der Waals surface area (Å²) in [6, 6.07) is 8.62. The Kier molecular flexibility index (Phi) is 6.13. The Labute approximate surface area is 128 Å². The van der Waals surface area contributed by atoms with E-state index < -0.39 is 0 Å². The number of pyridine rings is 2. The van der Waals surface area contributed by atoms with Gasteiger partial charge >= 0.3 is 6.03 Å². The highest BCUT2D eigenvalue weighted by Crippen LogP contribution is 2.11. The Morgan fingerprint density at radius 3 is 2.77 bits per heavy atom. The number of ether oxygens (including phenoxy) is 2. The number of amides is 2. The summed E-state index contributed by atoms with van der Waals surface area (Å²) in [4.78, 5) is 20.0. The molecule has 116 valence electrons. The summed E-state index contributed by atoms with van der Waals surface area (Å²) in [5.74, 6) is 0.483. The third-order valence-corrected chi connectivity index (χ3v) is 2.69. The average Bonchev–Trinajstić information content (AvgIpc) is 2.56. The zero-order valence-corrected chi connectivity index (χ0v) is 12.3. The van der Waals surface area contributed by atoms with Gasteiger partial charge in [-0.15, -0.1) is 0 Å². The lowest BCUT2D eigenvalue weighted by Gasteiger charge is -2.08. The van der Waals surface area contributed by atoms with E-state index in [2.05, 4.69) is 20.6 Å². The molecule has 0 saturated heterocycles. The molecule has 0 aliphatic rings. The molecule has 2 aromatic rings. The SMILES string of the molecule is COCCOc1ccc(NC(=O)NCc2ccccn2)cn1. The van der Waals surface area contributed by atoms with Crippen LogP contribution in [0.25, 0.3) is 0 Å². The van der Waals surface area contributed by atoms with Gasteiger partial charge in [0.2, 0.25) is 5.88 Å². The van der Waals surface area contributed by atoms with Crippen molar-refractivity contribution in [3.63, 3.8) is 0 Å². The summed E-state index contributed by atoms with van der Waals surface area (Å²) in [6.45, 7) is 1.29. The molecule has 0 atom stereocenters. The maximum atomic E-state index is 11.8. The van der Waals surface area contributed by atoms with Crippen LogP contribution in [0.1, 0.15) is 5.69 Å². The third kappa shape index (κ3) is 5.37. The van der Waals surface area contributed by atoms with Crippen molar-refractivity contribution in [3.8, 4) is 5.88 Å². The van der Waals surface area contributed by atoms with E-state index in [0.717, 1.165) is 5.69 Å². The Hall–Kier alpha value is -2.67. The number of carbonyl (C=O) groups excluding carboxylic acids is 1. The first kappa shape index (κ1) is 15.7. The van der Waals surface area contributed by atoms with Crippen molar-refractivity contribution in [2.45, 2.75) is 6.54 Å². The van der Waals surface area contributed by atoms with Crippen LogP contribution in [0.2, 0.25) is 0 Å². The molecule has 2 heterocycles. The van der Waals surface area contributed by atoms with Crippen molar-refractivity contribution in [3.05, 3.63) is 48.4 Å². The van der Waals surface area contributed by atoms with Gasteiger partial charge < -0.3 is 20.1 Å². The maximum absolute atomic E-state index is 11.8. The summed E-state index contributed by atoms with van der Waals surface area (Å²) in [7, 11) is 1.60. The monoisotopic (exact) mass is 302 g/mol.